The molecule has 0 aliphatic rings. The molecule has 7 heteroatoms. The topological polar surface area (TPSA) is 78.6 Å². The van der Waals surface area contributed by atoms with E-state index >= 15 is 0 Å². The number of aliphatic imine (C=N–C) groups is 1. The average Bonchev–Trinajstić information content (AvgIpc) is 3.20. The third-order valence-corrected chi connectivity index (χ3v) is 4.00. The van der Waals surface area contributed by atoms with Gasteiger partial charge in [-0.15, -0.1) is 0 Å². The normalized spacial score (nSPS) is 11.3. The van der Waals surface area contributed by atoms with Crippen LogP contribution in [0.3, 0.4) is 0 Å². The number of nitrogens with zero attached hydrogens (tertiary/aromatic N) is 4. The van der Waals surface area contributed by atoms with Gasteiger partial charge < -0.3 is 20.0 Å². The zero-order chi connectivity index (χ0) is 19.8. The number of guanidine groups is 1. The predicted octanol–water partition coefficient (Wildman–Crippen LogP) is 3.06. The van der Waals surface area contributed by atoms with E-state index in [0.29, 0.717) is 24.9 Å². The first-order valence-electron chi connectivity index (χ1n) is 9.31. The number of pyridine rings is 1. The fourth-order valence-corrected chi connectivity index (χ4v) is 2.58. The summed E-state index contributed by atoms with van der Waals surface area (Å²) in [5.74, 6) is 2.24. The molecule has 0 saturated carbocycles. The molecular formula is C21H26N6O. The maximum Gasteiger partial charge on any atom is 0.226 e. The molecule has 7 nitrogen and oxygen atoms in total. The first-order chi connectivity index (χ1) is 13.7. The van der Waals surface area contributed by atoms with Crippen molar-refractivity contribution in [1.82, 2.24) is 20.6 Å². The second kappa shape index (κ2) is 9.55. The number of anilines is 1. The van der Waals surface area contributed by atoms with Gasteiger partial charge in [-0.2, -0.15) is 0 Å². The summed E-state index contributed by atoms with van der Waals surface area (Å²) in [7, 11) is 3.96. The third-order valence-electron chi connectivity index (χ3n) is 4.00. The molecule has 146 valence electrons. The standard InChI is InChI=1S/C21H26N6O/c1-4-22-21(23-13-17-11-8-12-19(25-17)27(2)3)24-14-18-15-28-20(26-18)16-9-6-5-7-10-16/h5-12,15H,4,13-14H2,1-3H3,(H2,22,23,24). The van der Waals surface area contributed by atoms with Gasteiger partial charge in [0, 0.05) is 26.2 Å². The molecule has 3 aromatic rings. The van der Waals surface area contributed by atoms with Crippen LogP contribution < -0.4 is 15.5 Å². The predicted molar refractivity (Wildman–Crippen MR) is 112 cm³/mol. The lowest BCUT2D eigenvalue weighted by Gasteiger charge is -2.14. The lowest BCUT2D eigenvalue weighted by Crippen LogP contribution is -2.37. The van der Waals surface area contributed by atoms with Gasteiger partial charge in [0.05, 0.1) is 18.8 Å². The van der Waals surface area contributed by atoms with Gasteiger partial charge in [0.1, 0.15) is 17.8 Å². The van der Waals surface area contributed by atoms with Crippen LogP contribution in [0.4, 0.5) is 5.82 Å². The largest absolute Gasteiger partial charge is 0.444 e. The molecule has 0 saturated heterocycles. The first kappa shape index (κ1) is 19.4. The van der Waals surface area contributed by atoms with Gasteiger partial charge in [0.15, 0.2) is 5.96 Å². The minimum atomic E-state index is 0.427. The number of nitrogens with one attached hydrogen (secondary N) is 2. The number of oxazole rings is 1. The van der Waals surface area contributed by atoms with Crippen LogP contribution in [0.5, 0.6) is 0 Å². The molecule has 0 aliphatic heterocycles. The molecule has 0 amide bonds. The van der Waals surface area contributed by atoms with Gasteiger partial charge >= 0.3 is 0 Å². The third kappa shape index (κ3) is 5.33. The first-order valence-corrected chi connectivity index (χ1v) is 9.31. The second-order valence-electron chi connectivity index (χ2n) is 6.44. The Labute approximate surface area is 165 Å². The maximum absolute atomic E-state index is 5.57. The zero-order valence-corrected chi connectivity index (χ0v) is 16.5. The highest BCUT2D eigenvalue weighted by Gasteiger charge is 2.07. The van der Waals surface area contributed by atoms with Crippen molar-refractivity contribution in [2.75, 3.05) is 25.5 Å². The Morgan fingerprint density at radius 3 is 2.57 bits per heavy atom. The number of benzene rings is 1. The highest BCUT2D eigenvalue weighted by Crippen LogP contribution is 2.18. The molecule has 2 N–H and O–H groups in total. The van der Waals surface area contributed by atoms with Gasteiger partial charge in [0.25, 0.3) is 0 Å². The summed E-state index contributed by atoms with van der Waals surface area (Å²) in [5, 5.41) is 6.55. The van der Waals surface area contributed by atoms with Gasteiger partial charge in [-0.25, -0.2) is 15.0 Å². The van der Waals surface area contributed by atoms with Crippen LogP contribution in [-0.4, -0.2) is 36.6 Å². The highest BCUT2D eigenvalue weighted by atomic mass is 16.3. The van der Waals surface area contributed by atoms with Crippen molar-refractivity contribution < 1.29 is 4.42 Å². The highest BCUT2D eigenvalue weighted by molar-refractivity contribution is 5.79. The minimum absolute atomic E-state index is 0.427. The smallest absolute Gasteiger partial charge is 0.226 e. The van der Waals surface area contributed by atoms with Crippen molar-refractivity contribution >= 4 is 11.8 Å². The molecule has 0 bridgehead atoms. The van der Waals surface area contributed by atoms with Crippen molar-refractivity contribution in [3.8, 4) is 11.5 Å². The second-order valence-corrected chi connectivity index (χ2v) is 6.44. The Morgan fingerprint density at radius 1 is 1.00 bits per heavy atom. The van der Waals surface area contributed by atoms with E-state index in [2.05, 4.69) is 25.6 Å². The van der Waals surface area contributed by atoms with E-state index in [-0.39, 0.29) is 0 Å². The number of aromatic nitrogens is 2. The summed E-state index contributed by atoms with van der Waals surface area (Å²) in [6.45, 7) is 3.81. The Kier molecular flexibility index (Phi) is 6.62. The van der Waals surface area contributed by atoms with Crippen molar-refractivity contribution in [3.05, 3.63) is 66.2 Å². The van der Waals surface area contributed by atoms with Crippen LogP contribution in [0.2, 0.25) is 0 Å². The lowest BCUT2D eigenvalue weighted by atomic mass is 10.2. The SMILES string of the molecule is CCNC(=NCc1coc(-c2ccccc2)n1)NCc1cccc(N(C)C)n1. The van der Waals surface area contributed by atoms with E-state index in [9.17, 15) is 0 Å². The molecule has 1 aromatic carbocycles. The Bertz CT molecular complexity index is 904. The summed E-state index contributed by atoms with van der Waals surface area (Å²) in [5.41, 5.74) is 2.68. The van der Waals surface area contributed by atoms with Gasteiger partial charge in [-0.1, -0.05) is 24.3 Å². The summed E-state index contributed by atoms with van der Waals surface area (Å²) in [4.78, 5) is 15.7. The summed E-state index contributed by atoms with van der Waals surface area (Å²) in [6.07, 6.45) is 1.65. The molecule has 0 fully saturated rings. The summed E-state index contributed by atoms with van der Waals surface area (Å²) in [6, 6.07) is 15.8. The van der Waals surface area contributed by atoms with Crippen LogP contribution in [0.15, 0.2) is 64.2 Å². The quantitative estimate of drug-likeness (QED) is 0.486. The molecule has 3 rings (SSSR count). The van der Waals surface area contributed by atoms with E-state index in [1.165, 1.54) is 0 Å². The Hall–Kier alpha value is -3.35. The monoisotopic (exact) mass is 378 g/mol. The van der Waals surface area contributed by atoms with Crippen molar-refractivity contribution in [2.45, 2.75) is 20.0 Å². The van der Waals surface area contributed by atoms with Crippen LogP contribution in [0.1, 0.15) is 18.3 Å². The van der Waals surface area contributed by atoms with Crippen molar-refractivity contribution in [1.29, 1.82) is 0 Å². The fraction of sp³-hybridized carbons (Fsp3) is 0.286. The molecule has 2 aromatic heterocycles. The van der Waals surface area contributed by atoms with Gasteiger partial charge in [-0.05, 0) is 31.2 Å². The molecule has 0 spiro atoms. The fourth-order valence-electron chi connectivity index (χ4n) is 2.58. The van der Waals surface area contributed by atoms with Crippen LogP contribution in [-0.2, 0) is 13.1 Å². The summed E-state index contributed by atoms with van der Waals surface area (Å²) >= 11 is 0. The van der Waals surface area contributed by atoms with Crippen LogP contribution >= 0.6 is 0 Å². The van der Waals surface area contributed by atoms with Crippen LogP contribution in [0, 0.1) is 0 Å². The Balaban J connectivity index is 1.63. The van der Waals surface area contributed by atoms with E-state index < -0.39 is 0 Å². The van der Waals surface area contributed by atoms with E-state index in [1.807, 2.05) is 74.4 Å². The number of hydrogen-bond acceptors (Lipinski definition) is 5. The molecule has 0 atom stereocenters. The number of hydrogen-bond donors (Lipinski definition) is 2. The molecule has 2 heterocycles. The van der Waals surface area contributed by atoms with Gasteiger partial charge in [0.2, 0.25) is 5.89 Å². The molecule has 28 heavy (non-hydrogen) atoms. The lowest BCUT2D eigenvalue weighted by molar-refractivity contribution is 0.572. The van der Waals surface area contributed by atoms with Crippen LogP contribution in [0.25, 0.3) is 11.5 Å². The molecule has 0 aliphatic carbocycles. The Morgan fingerprint density at radius 2 is 1.82 bits per heavy atom. The van der Waals surface area contributed by atoms with E-state index in [4.69, 9.17) is 4.42 Å². The molecular weight excluding hydrogens is 352 g/mol. The van der Waals surface area contributed by atoms with E-state index in [1.54, 1.807) is 6.26 Å². The number of rotatable bonds is 7. The van der Waals surface area contributed by atoms with Crippen molar-refractivity contribution in [2.24, 2.45) is 4.99 Å². The van der Waals surface area contributed by atoms with Gasteiger partial charge in [-0.3, -0.25) is 0 Å². The maximum atomic E-state index is 5.57. The molecule has 0 radical (unpaired) electrons. The van der Waals surface area contributed by atoms with Crippen molar-refractivity contribution in [3.63, 3.8) is 0 Å². The zero-order valence-electron chi connectivity index (χ0n) is 16.5. The average molecular weight is 378 g/mol. The van der Waals surface area contributed by atoms with E-state index in [0.717, 1.165) is 29.3 Å². The summed E-state index contributed by atoms with van der Waals surface area (Å²) < 4.78 is 5.57. The minimum Gasteiger partial charge on any atom is -0.444 e. The molecule has 0 unspecified atom stereocenters.